The molecule has 0 aromatic rings. The Labute approximate surface area is 59.5 Å². The number of aliphatic imine (C=N–C) groups is 1. The maximum Gasteiger partial charge on any atom is 0.341 e. The van der Waals surface area contributed by atoms with E-state index in [1.165, 1.54) is 12.8 Å². The van der Waals surface area contributed by atoms with Crippen LogP contribution in [0.3, 0.4) is 0 Å². The van der Waals surface area contributed by atoms with E-state index in [9.17, 15) is 4.79 Å². The number of hydrogen-bond acceptors (Lipinski definition) is 1. The molecule has 2 aliphatic rings. The molecule has 10 heavy (non-hydrogen) atoms. The standard InChI is InChI=1S/C7H10N2O/c10-7-8-5-3-1-2-4-6(5)9-7/h5H,1-4H2,(H,8,10). The van der Waals surface area contributed by atoms with Crippen LogP contribution in [-0.2, 0) is 0 Å². The highest BCUT2D eigenvalue weighted by atomic mass is 16.2. The summed E-state index contributed by atoms with van der Waals surface area (Å²) < 4.78 is 0. The number of urea groups is 1. The van der Waals surface area contributed by atoms with Gasteiger partial charge in [-0.25, -0.2) is 9.79 Å². The van der Waals surface area contributed by atoms with Crippen LogP contribution in [0.15, 0.2) is 4.99 Å². The summed E-state index contributed by atoms with van der Waals surface area (Å²) in [5, 5.41) is 2.81. The molecule has 1 aliphatic heterocycles. The monoisotopic (exact) mass is 138 g/mol. The Morgan fingerprint density at radius 2 is 2.40 bits per heavy atom. The first-order valence-electron chi connectivity index (χ1n) is 3.74. The van der Waals surface area contributed by atoms with E-state index in [2.05, 4.69) is 10.3 Å². The summed E-state index contributed by atoms with van der Waals surface area (Å²) in [5.74, 6) is 0. The summed E-state index contributed by atoms with van der Waals surface area (Å²) in [5.41, 5.74) is 1.08. The van der Waals surface area contributed by atoms with Gasteiger partial charge in [0.1, 0.15) is 0 Å². The van der Waals surface area contributed by atoms with Crippen LogP contribution in [0.2, 0.25) is 0 Å². The highest BCUT2D eigenvalue weighted by Gasteiger charge is 2.27. The van der Waals surface area contributed by atoms with E-state index in [-0.39, 0.29) is 6.03 Å². The predicted octanol–water partition coefficient (Wildman–Crippen LogP) is 1.09. The molecule has 1 atom stereocenters. The van der Waals surface area contributed by atoms with E-state index >= 15 is 0 Å². The van der Waals surface area contributed by atoms with Crippen LogP contribution in [0.5, 0.6) is 0 Å². The molecule has 1 N–H and O–H groups in total. The number of carbonyl (C=O) groups is 1. The molecule has 0 saturated heterocycles. The molecule has 1 heterocycles. The molecule has 1 aliphatic carbocycles. The van der Waals surface area contributed by atoms with Gasteiger partial charge in [0.2, 0.25) is 0 Å². The zero-order valence-electron chi connectivity index (χ0n) is 5.76. The maximum absolute atomic E-state index is 10.7. The quantitative estimate of drug-likeness (QED) is 0.535. The molecule has 0 spiro atoms. The summed E-state index contributed by atoms with van der Waals surface area (Å²) >= 11 is 0. The number of amides is 2. The minimum Gasteiger partial charge on any atom is -0.328 e. The van der Waals surface area contributed by atoms with Gasteiger partial charge in [-0.15, -0.1) is 0 Å². The van der Waals surface area contributed by atoms with Gasteiger partial charge in [0, 0.05) is 5.71 Å². The van der Waals surface area contributed by atoms with Gasteiger partial charge in [-0.2, -0.15) is 0 Å². The lowest BCUT2D eigenvalue weighted by atomic mass is 9.94. The predicted molar refractivity (Wildman–Crippen MR) is 38.2 cm³/mol. The second-order valence-corrected chi connectivity index (χ2v) is 2.85. The Kier molecular flexibility index (Phi) is 1.22. The third-order valence-corrected chi connectivity index (χ3v) is 2.12. The van der Waals surface area contributed by atoms with Crippen molar-refractivity contribution >= 4 is 11.7 Å². The molecule has 1 fully saturated rings. The SMILES string of the molecule is O=C1N=C2CCCCC2N1. The van der Waals surface area contributed by atoms with Crippen molar-refractivity contribution in [3.05, 3.63) is 0 Å². The van der Waals surface area contributed by atoms with E-state index in [0.717, 1.165) is 18.6 Å². The Hall–Kier alpha value is -0.860. The van der Waals surface area contributed by atoms with E-state index in [1.54, 1.807) is 0 Å². The summed E-state index contributed by atoms with van der Waals surface area (Å²) in [6, 6.07) is 0.156. The third kappa shape index (κ3) is 0.818. The molecular weight excluding hydrogens is 128 g/mol. The number of fused-ring (bicyclic) bond motifs is 1. The molecular formula is C7H10N2O. The van der Waals surface area contributed by atoms with Gasteiger partial charge in [-0.05, 0) is 19.3 Å². The van der Waals surface area contributed by atoms with Crippen LogP contribution < -0.4 is 5.32 Å². The second-order valence-electron chi connectivity index (χ2n) is 2.85. The molecule has 0 radical (unpaired) electrons. The minimum atomic E-state index is -0.137. The summed E-state index contributed by atoms with van der Waals surface area (Å²) in [6.07, 6.45) is 4.53. The maximum atomic E-state index is 10.7. The van der Waals surface area contributed by atoms with Crippen molar-refractivity contribution in [2.75, 3.05) is 0 Å². The van der Waals surface area contributed by atoms with Crippen molar-refractivity contribution < 1.29 is 4.79 Å². The molecule has 1 saturated carbocycles. The fraction of sp³-hybridized carbons (Fsp3) is 0.714. The summed E-state index contributed by atoms with van der Waals surface area (Å²) in [6.45, 7) is 0. The summed E-state index contributed by atoms with van der Waals surface area (Å²) in [4.78, 5) is 14.6. The van der Waals surface area contributed by atoms with Gasteiger partial charge >= 0.3 is 6.03 Å². The number of nitrogens with zero attached hydrogens (tertiary/aromatic N) is 1. The fourth-order valence-electron chi connectivity index (χ4n) is 1.60. The first-order valence-corrected chi connectivity index (χ1v) is 3.74. The lowest BCUT2D eigenvalue weighted by molar-refractivity contribution is 0.250. The fourth-order valence-corrected chi connectivity index (χ4v) is 1.60. The van der Waals surface area contributed by atoms with Crippen molar-refractivity contribution in [1.82, 2.24) is 5.32 Å². The molecule has 54 valence electrons. The van der Waals surface area contributed by atoms with Crippen LogP contribution in [0.1, 0.15) is 25.7 Å². The first kappa shape index (κ1) is 5.89. The van der Waals surface area contributed by atoms with Gasteiger partial charge in [-0.3, -0.25) is 0 Å². The van der Waals surface area contributed by atoms with Gasteiger partial charge < -0.3 is 5.32 Å². The summed E-state index contributed by atoms with van der Waals surface area (Å²) in [7, 11) is 0. The van der Waals surface area contributed by atoms with Crippen molar-refractivity contribution in [2.45, 2.75) is 31.7 Å². The van der Waals surface area contributed by atoms with Crippen LogP contribution in [0.25, 0.3) is 0 Å². The normalized spacial score (nSPS) is 31.0. The topological polar surface area (TPSA) is 41.5 Å². The highest BCUT2D eigenvalue weighted by Crippen LogP contribution is 2.19. The van der Waals surface area contributed by atoms with Crippen LogP contribution in [-0.4, -0.2) is 17.8 Å². The lowest BCUT2D eigenvalue weighted by Crippen LogP contribution is -2.33. The zero-order chi connectivity index (χ0) is 6.97. The average Bonchev–Trinajstić information content (AvgIpc) is 2.27. The van der Waals surface area contributed by atoms with Gasteiger partial charge in [0.25, 0.3) is 0 Å². The first-order chi connectivity index (χ1) is 4.86. The molecule has 0 aromatic carbocycles. The van der Waals surface area contributed by atoms with E-state index in [0.29, 0.717) is 6.04 Å². The Morgan fingerprint density at radius 3 is 3.20 bits per heavy atom. The van der Waals surface area contributed by atoms with Crippen molar-refractivity contribution in [3.8, 4) is 0 Å². The molecule has 0 bridgehead atoms. The van der Waals surface area contributed by atoms with Crippen molar-refractivity contribution in [3.63, 3.8) is 0 Å². The number of hydrogen-bond donors (Lipinski definition) is 1. The molecule has 3 nitrogen and oxygen atoms in total. The zero-order valence-corrected chi connectivity index (χ0v) is 5.76. The largest absolute Gasteiger partial charge is 0.341 e. The van der Waals surface area contributed by atoms with Crippen LogP contribution in [0.4, 0.5) is 4.79 Å². The van der Waals surface area contributed by atoms with Crippen molar-refractivity contribution in [2.24, 2.45) is 4.99 Å². The average molecular weight is 138 g/mol. The second kappa shape index (κ2) is 2.08. The van der Waals surface area contributed by atoms with Gasteiger partial charge in [-0.1, -0.05) is 6.42 Å². The minimum absolute atomic E-state index is 0.137. The number of carbonyl (C=O) groups excluding carboxylic acids is 1. The lowest BCUT2D eigenvalue weighted by Gasteiger charge is -2.17. The van der Waals surface area contributed by atoms with E-state index in [4.69, 9.17) is 0 Å². The molecule has 2 amide bonds. The molecule has 3 heteroatoms. The Balaban J connectivity index is 2.17. The molecule has 2 rings (SSSR count). The van der Waals surface area contributed by atoms with E-state index in [1.807, 2.05) is 0 Å². The van der Waals surface area contributed by atoms with Gasteiger partial charge in [0.05, 0.1) is 6.04 Å². The van der Waals surface area contributed by atoms with Crippen molar-refractivity contribution in [1.29, 1.82) is 0 Å². The molecule has 1 unspecified atom stereocenters. The highest BCUT2D eigenvalue weighted by molar-refractivity contribution is 6.05. The number of nitrogens with one attached hydrogen (secondary N) is 1. The van der Waals surface area contributed by atoms with E-state index < -0.39 is 0 Å². The number of rotatable bonds is 0. The van der Waals surface area contributed by atoms with Crippen LogP contribution >= 0.6 is 0 Å². The smallest absolute Gasteiger partial charge is 0.328 e. The third-order valence-electron chi connectivity index (χ3n) is 2.12. The Morgan fingerprint density at radius 1 is 1.50 bits per heavy atom. The van der Waals surface area contributed by atoms with Crippen LogP contribution in [0, 0.1) is 0 Å². The molecule has 0 aromatic heterocycles. The Bertz CT molecular complexity index is 198. The van der Waals surface area contributed by atoms with Gasteiger partial charge in [0.15, 0.2) is 0 Å².